The normalized spacial score (nSPS) is 10.2. The maximum atomic E-state index is 12.3. The second-order valence-corrected chi connectivity index (χ2v) is 5.07. The maximum absolute atomic E-state index is 12.3. The molecule has 1 aromatic rings. The van der Waals surface area contributed by atoms with E-state index in [1.54, 1.807) is 0 Å². The molecule has 0 fully saturated rings. The van der Waals surface area contributed by atoms with Gasteiger partial charge < -0.3 is 26.4 Å². The van der Waals surface area contributed by atoms with E-state index >= 15 is 0 Å². The predicted molar refractivity (Wildman–Crippen MR) is 120 cm³/mol. The van der Waals surface area contributed by atoms with Crippen LogP contribution in [0.2, 0.25) is 0 Å². The fourth-order valence-electron chi connectivity index (χ4n) is 1.95. The summed E-state index contributed by atoms with van der Waals surface area (Å²) in [4.78, 5) is 35.3. The van der Waals surface area contributed by atoms with Crippen LogP contribution < -0.4 is 21.7 Å². The van der Waals surface area contributed by atoms with Crippen molar-refractivity contribution in [2.24, 2.45) is 5.73 Å². The van der Waals surface area contributed by atoms with E-state index in [0.29, 0.717) is 19.6 Å². The zero-order valence-electron chi connectivity index (χ0n) is 17.7. The summed E-state index contributed by atoms with van der Waals surface area (Å²) in [6.07, 6.45) is 0.343. The first-order chi connectivity index (χ1) is 13.6. The molecule has 0 spiro atoms. The number of ether oxygens (including phenoxy) is 1. The van der Waals surface area contributed by atoms with Crippen molar-refractivity contribution in [3.8, 4) is 0 Å². The Morgan fingerprint density at radius 1 is 1.04 bits per heavy atom. The van der Waals surface area contributed by atoms with Crippen molar-refractivity contribution in [3.63, 3.8) is 0 Å². The Bertz CT molecular complexity index is 556. The van der Waals surface area contributed by atoms with Gasteiger partial charge in [-0.3, -0.25) is 14.4 Å². The molecule has 1 rings (SSSR count). The molecule has 168 valence electrons. The molecule has 0 heterocycles. The van der Waals surface area contributed by atoms with Crippen molar-refractivity contribution >= 4 is 17.7 Å². The average Bonchev–Trinajstić information content (AvgIpc) is 2.75. The molecule has 0 aliphatic carbocycles. The third-order valence-corrected chi connectivity index (χ3v) is 3.17. The summed E-state index contributed by atoms with van der Waals surface area (Å²) < 4.78 is 4.89. The van der Waals surface area contributed by atoms with Gasteiger partial charge in [0.2, 0.25) is 17.7 Å². The highest BCUT2D eigenvalue weighted by Gasteiger charge is 2.21. The molecule has 1 unspecified atom stereocenters. The predicted octanol–water partition coefficient (Wildman–Crippen LogP) is 1.59. The van der Waals surface area contributed by atoms with Gasteiger partial charge in [0.1, 0.15) is 6.04 Å². The molecular formula is C20H44N4O4. The minimum Gasteiger partial charge on any atom is -0.383 e. The van der Waals surface area contributed by atoms with E-state index in [1.165, 1.54) is 7.11 Å². The van der Waals surface area contributed by atoms with E-state index < -0.39 is 17.9 Å². The molecule has 3 amide bonds. The summed E-state index contributed by atoms with van der Waals surface area (Å²) in [6, 6.07) is 8.59. The Morgan fingerprint density at radius 2 is 1.64 bits per heavy atom. The molecule has 1 atom stereocenters. The Labute approximate surface area is 174 Å². The van der Waals surface area contributed by atoms with E-state index in [2.05, 4.69) is 16.0 Å². The lowest BCUT2D eigenvalue weighted by molar-refractivity contribution is -0.129. The van der Waals surface area contributed by atoms with Crippen molar-refractivity contribution in [3.05, 3.63) is 35.9 Å². The van der Waals surface area contributed by atoms with E-state index in [9.17, 15) is 14.4 Å². The Kier molecular flexibility index (Phi) is 19.2. The van der Waals surface area contributed by atoms with E-state index in [0.717, 1.165) is 5.56 Å². The van der Waals surface area contributed by atoms with Crippen molar-refractivity contribution < 1.29 is 24.8 Å². The second kappa shape index (κ2) is 19.3. The quantitative estimate of drug-likeness (QED) is 0.441. The van der Waals surface area contributed by atoms with Crippen LogP contribution in [0.3, 0.4) is 0 Å². The van der Waals surface area contributed by atoms with Crippen molar-refractivity contribution in [1.29, 1.82) is 0 Å². The zero-order chi connectivity index (χ0) is 21.8. The monoisotopic (exact) mass is 404 g/mol. The van der Waals surface area contributed by atoms with Gasteiger partial charge in [-0.05, 0) is 5.56 Å². The number of nitrogens with two attached hydrogens (primary N) is 1. The molecule has 0 radical (unpaired) electrons. The molecule has 0 aliphatic rings. The van der Waals surface area contributed by atoms with Crippen LogP contribution >= 0.6 is 0 Å². The standard InChI is InChI=1S/C16H24N4O4.2C2H6.4H2/c1-24-8-7-18-16(23)13(9-12-5-3-2-4-6-12)20-15(22)11-19-14(21)10-17;2*1-2;;;;/h2-6,13H,7-11,17H2,1H3,(H,18,23)(H,19,21)(H,20,22);2*1-2H3;4*1H. The topological polar surface area (TPSA) is 123 Å². The molecule has 8 nitrogen and oxygen atoms in total. The number of rotatable bonds is 10. The van der Waals surface area contributed by atoms with Gasteiger partial charge in [-0.15, -0.1) is 0 Å². The Balaban J connectivity index is -0.000000199. The average molecular weight is 405 g/mol. The van der Waals surface area contributed by atoms with E-state index in [1.807, 2.05) is 58.0 Å². The first-order valence-corrected chi connectivity index (χ1v) is 9.63. The lowest BCUT2D eigenvalue weighted by atomic mass is 10.1. The smallest absolute Gasteiger partial charge is 0.243 e. The molecule has 28 heavy (non-hydrogen) atoms. The summed E-state index contributed by atoms with van der Waals surface area (Å²) in [5, 5.41) is 7.69. The number of hydrogen-bond donors (Lipinski definition) is 4. The largest absolute Gasteiger partial charge is 0.383 e. The highest BCUT2D eigenvalue weighted by Crippen LogP contribution is 2.03. The van der Waals surface area contributed by atoms with Crippen LogP contribution in [-0.4, -0.2) is 57.1 Å². The molecule has 0 saturated carbocycles. The zero-order valence-corrected chi connectivity index (χ0v) is 17.7. The SMILES string of the molecule is CC.CC.COCCNC(=O)C(Cc1ccccc1)NC(=O)CNC(=O)CN.[HH].[HH].[HH].[HH]. The number of methoxy groups -OCH3 is 1. The van der Waals surface area contributed by atoms with Crippen molar-refractivity contribution in [2.75, 3.05) is 33.4 Å². The van der Waals surface area contributed by atoms with Crippen molar-refractivity contribution in [1.82, 2.24) is 16.0 Å². The van der Waals surface area contributed by atoms with Crippen LogP contribution in [0.15, 0.2) is 30.3 Å². The lowest BCUT2D eigenvalue weighted by Gasteiger charge is -2.19. The van der Waals surface area contributed by atoms with Crippen LogP contribution in [-0.2, 0) is 25.5 Å². The number of carbonyl (C=O) groups is 3. The van der Waals surface area contributed by atoms with Gasteiger partial charge in [0.05, 0.1) is 19.7 Å². The first kappa shape index (κ1) is 27.8. The number of amides is 3. The minimum absolute atomic E-state index is 0. The van der Waals surface area contributed by atoms with Gasteiger partial charge in [-0.2, -0.15) is 0 Å². The summed E-state index contributed by atoms with van der Waals surface area (Å²) in [6.45, 7) is 8.30. The van der Waals surface area contributed by atoms with Crippen LogP contribution in [0, 0.1) is 0 Å². The van der Waals surface area contributed by atoms with E-state index in [4.69, 9.17) is 10.5 Å². The third kappa shape index (κ3) is 13.7. The molecule has 0 aromatic heterocycles. The molecule has 1 aromatic carbocycles. The van der Waals surface area contributed by atoms with Crippen LogP contribution in [0.5, 0.6) is 0 Å². The third-order valence-electron chi connectivity index (χ3n) is 3.17. The summed E-state index contributed by atoms with van der Waals surface area (Å²) in [5.41, 5.74) is 6.07. The van der Waals surface area contributed by atoms with Gasteiger partial charge in [-0.1, -0.05) is 58.0 Å². The Hall–Kier alpha value is -2.45. The molecule has 0 bridgehead atoms. The molecule has 0 saturated heterocycles. The van der Waals surface area contributed by atoms with Crippen molar-refractivity contribution in [2.45, 2.75) is 40.2 Å². The number of benzene rings is 1. The summed E-state index contributed by atoms with van der Waals surface area (Å²) in [7, 11) is 1.54. The molecular weight excluding hydrogens is 360 g/mol. The van der Waals surface area contributed by atoms with Crippen LogP contribution in [0.25, 0.3) is 0 Å². The lowest BCUT2D eigenvalue weighted by Crippen LogP contribution is -2.51. The van der Waals surface area contributed by atoms with Crippen LogP contribution in [0.4, 0.5) is 0 Å². The molecule has 5 N–H and O–H groups in total. The minimum atomic E-state index is -0.744. The molecule has 8 heteroatoms. The highest BCUT2D eigenvalue weighted by molar-refractivity contribution is 5.90. The fraction of sp³-hybridized carbons (Fsp3) is 0.550. The van der Waals surface area contributed by atoms with Crippen LogP contribution in [0.1, 0.15) is 39.0 Å². The number of carbonyl (C=O) groups excluding carboxylic acids is 3. The van der Waals surface area contributed by atoms with Gasteiger partial charge >= 0.3 is 0 Å². The first-order valence-electron chi connectivity index (χ1n) is 9.63. The summed E-state index contributed by atoms with van der Waals surface area (Å²) >= 11 is 0. The summed E-state index contributed by atoms with van der Waals surface area (Å²) in [5.74, 6) is -1.21. The van der Waals surface area contributed by atoms with Gasteiger partial charge in [0, 0.05) is 25.8 Å². The second-order valence-electron chi connectivity index (χ2n) is 5.07. The highest BCUT2D eigenvalue weighted by atomic mass is 16.5. The van der Waals surface area contributed by atoms with Gasteiger partial charge in [0.15, 0.2) is 0 Å². The maximum Gasteiger partial charge on any atom is 0.243 e. The fourth-order valence-corrected chi connectivity index (χ4v) is 1.95. The van der Waals surface area contributed by atoms with E-state index in [-0.39, 0.29) is 24.7 Å². The molecule has 0 aliphatic heterocycles. The number of hydrogen-bond acceptors (Lipinski definition) is 5. The van der Waals surface area contributed by atoms with Gasteiger partial charge in [-0.25, -0.2) is 0 Å². The van der Waals surface area contributed by atoms with Gasteiger partial charge in [0.25, 0.3) is 0 Å². The number of nitrogens with one attached hydrogen (secondary N) is 3. The Morgan fingerprint density at radius 3 is 2.18 bits per heavy atom.